The zero-order valence-electron chi connectivity index (χ0n) is 14.5. The van der Waals surface area contributed by atoms with Crippen LogP contribution in [0, 0.1) is 11.6 Å². The number of hydrogen-bond acceptors (Lipinski definition) is 2. The van der Waals surface area contributed by atoms with Gasteiger partial charge in [-0.2, -0.15) is 17.6 Å². The van der Waals surface area contributed by atoms with Crippen LogP contribution in [0.4, 0.5) is 26.3 Å². The summed E-state index contributed by atoms with van der Waals surface area (Å²) >= 11 is 0. The van der Waals surface area contributed by atoms with Crippen molar-refractivity contribution in [1.82, 2.24) is 0 Å². The van der Waals surface area contributed by atoms with Crippen LogP contribution in [-0.4, -0.2) is 6.61 Å². The van der Waals surface area contributed by atoms with E-state index in [0.717, 1.165) is 31.2 Å². The first-order valence-corrected chi connectivity index (χ1v) is 8.33. The van der Waals surface area contributed by atoms with Gasteiger partial charge < -0.3 is 9.47 Å². The fourth-order valence-corrected chi connectivity index (χ4v) is 2.45. The zero-order chi connectivity index (χ0) is 20.0. The Morgan fingerprint density at radius 2 is 1.56 bits per heavy atom. The van der Waals surface area contributed by atoms with Gasteiger partial charge in [-0.3, -0.25) is 0 Å². The molecule has 0 heterocycles. The van der Waals surface area contributed by atoms with Crippen LogP contribution in [-0.2, 0) is 12.5 Å². The number of alkyl halides is 4. The zero-order valence-corrected chi connectivity index (χ0v) is 14.5. The molecule has 2 aromatic carbocycles. The van der Waals surface area contributed by atoms with Gasteiger partial charge in [0, 0.05) is 12.1 Å². The van der Waals surface area contributed by atoms with E-state index in [1.54, 1.807) is 0 Å². The molecule has 0 bridgehead atoms. The van der Waals surface area contributed by atoms with Crippen molar-refractivity contribution in [2.75, 3.05) is 0 Å². The van der Waals surface area contributed by atoms with Crippen LogP contribution in [0.2, 0.25) is 0 Å². The molecule has 0 unspecified atom stereocenters. The van der Waals surface area contributed by atoms with Gasteiger partial charge in [0.15, 0.2) is 17.4 Å². The second-order valence-corrected chi connectivity index (χ2v) is 5.87. The van der Waals surface area contributed by atoms with Crippen molar-refractivity contribution in [3.05, 3.63) is 59.2 Å². The highest BCUT2D eigenvalue weighted by Crippen LogP contribution is 2.35. The summed E-state index contributed by atoms with van der Waals surface area (Å²) in [4.78, 5) is 0. The van der Waals surface area contributed by atoms with Gasteiger partial charge in [-0.05, 0) is 30.5 Å². The van der Waals surface area contributed by atoms with Gasteiger partial charge in [-0.25, -0.2) is 8.78 Å². The molecule has 2 nitrogen and oxygen atoms in total. The van der Waals surface area contributed by atoms with E-state index in [1.807, 2.05) is 0 Å². The van der Waals surface area contributed by atoms with E-state index in [0.29, 0.717) is 12.1 Å². The van der Waals surface area contributed by atoms with Crippen LogP contribution < -0.4 is 9.47 Å². The van der Waals surface area contributed by atoms with Gasteiger partial charge in [-0.15, -0.1) is 0 Å². The molecular formula is C19H18F6O2. The lowest BCUT2D eigenvalue weighted by Gasteiger charge is -2.19. The molecule has 0 aliphatic rings. The first-order valence-electron chi connectivity index (χ1n) is 8.33. The normalized spacial score (nSPS) is 11.7. The number of halogens is 6. The number of ether oxygens (including phenoxy) is 2. The molecule has 0 saturated heterocycles. The van der Waals surface area contributed by atoms with Crippen LogP contribution in [0.15, 0.2) is 36.4 Å². The smallest absolute Gasteiger partial charge is 0.426 e. The van der Waals surface area contributed by atoms with Crippen molar-refractivity contribution >= 4 is 0 Å². The van der Waals surface area contributed by atoms with Crippen LogP contribution in [0.1, 0.15) is 37.3 Å². The first-order chi connectivity index (χ1) is 12.7. The largest absolute Gasteiger partial charge is 0.429 e. The van der Waals surface area contributed by atoms with Crippen LogP contribution >= 0.6 is 0 Å². The monoisotopic (exact) mass is 392 g/mol. The molecule has 0 aromatic heterocycles. The third kappa shape index (κ3) is 5.80. The number of benzene rings is 2. The van der Waals surface area contributed by atoms with Crippen molar-refractivity contribution in [3.8, 4) is 11.5 Å². The minimum Gasteiger partial charge on any atom is -0.429 e. The Kier molecular flexibility index (Phi) is 6.98. The Bertz CT molecular complexity index is 723. The molecule has 0 radical (unpaired) electrons. The minimum absolute atomic E-state index is 0.355. The highest BCUT2D eigenvalue weighted by molar-refractivity contribution is 5.36. The molecule has 0 saturated carbocycles. The molecule has 0 N–H and O–H groups in total. The number of hydrogen-bond donors (Lipinski definition) is 0. The molecule has 0 spiro atoms. The SMILES string of the molecule is CCCCCc1ccc(C(F)(F)Oc2cc(F)c(OC(F)F)c(F)c2)cc1. The van der Waals surface area contributed by atoms with Gasteiger partial charge in [0.1, 0.15) is 5.75 Å². The van der Waals surface area contributed by atoms with Gasteiger partial charge >= 0.3 is 12.7 Å². The summed E-state index contributed by atoms with van der Waals surface area (Å²) < 4.78 is 88.0. The van der Waals surface area contributed by atoms with Crippen molar-refractivity contribution in [2.45, 2.75) is 45.3 Å². The Morgan fingerprint density at radius 1 is 0.963 bits per heavy atom. The molecule has 2 rings (SSSR count). The molecule has 27 heavy (non-hydrogen) atoms. The Labute approximate surface area is 152 Å². The predicted molar refractivity (Wildman–Crippen MR) is 87.2 cm³/mol. The van der Waals surface area contributed by atoms with Crippen molar-refractivity contribution in [1.29, 1.82) is 0 Å². The standard InChI is InChI=1S/C19H18F6O2/c1-2-3-4-5-12-6-8-13(9-7-12)19(24,25)27-14-10-15(20)17(16(21)11-14)26-18(22)23/h6-11,18H,2-5H2,1H3. The van der Waals surface area contributed by atoms with E-state index in [4.69, 9.17) is 0 Å². The lowest BCUT2D eigenvalue weighted by atomic mass is 10.1. The Hall–Kier alpha value is -2.38. The number of rotatable bonds is 9. The van der Waals surface area contributed by atoms with Crippen LogP contribution in [0.5, 0.6) is 11.5 Å². The first kappa shape index (κ1) is 20.9. The van der Waals surface area contributed by atoms with Crippen molar-refractivity contribution < 1.29 is 35.8 Å². The fourth-order valence-electron chi connectivity index (χ4n) is 2.45. The number of aryl methyl sites for hydroxylation is 1. The molecule has 0 aliphatic carbocycles. The van der Waals surface area contributed by atoms with Gasteiger partial charge in [0.25, 0.3) is 0 Å². The van der Waals surface area contributed by atoms with E-state index in [-0.39, 0.29) is 0 Å². The Morgan fingerprint density at radius 3 is 2.07 bits per heavy atom. The quantitative estimate of drug-likeness (QED) is 0.362. The maximum atomic E-state index is 14.2. The Balaban J connectivity index is 2.13. The molecule has 0 aliphatic heterocycles. The van der Waals surface area contributed by atoms with Crippen molar-refractivity contribution in [2.24, 2.45) is 0 Å². The summed E-state index contributed by atoms with van der Waals surface area (Å²) in [6, 6.07) is 6.11. The second-order valence-electron chi connectivity index (χ2n) is 5.87. The highest BCUT2D eigenvalue weighted by atomic mass is 19.3. The van der Waals surface area contributed by atoms with Crippen molar-refractivity contribution in [3.63, 3.8) is 0 Å². The maximum Gasteiger partial charge on any atom is 0.426 e. The lowest BCUT2D eigenvalue weighted by Crippen LogP contribution is -2.22. The van der Waals surface area contributed by atoms with Gasteiger partial charge in [0.2, 0.25) is 0 Å². The summed E-state index contributed by atoms with van der Waals surface area (Å²) in [5.41, 5.74) is 0.379. The van der Waals surface area contributed by atoms with Crippen LogP contribution in [0.3, 0.4) is 0 Å². The summed E-state index contributed by atoms with van der Waals surface area (Å²) in [6.07, 6.45) is -0.107. The summed E-state index contributed by atoms with van der Waals surface area (Å²) in [7, 11) is 0. The fraction of sp³-hybridized carbons (Fsp3) is 0.368. The topological polar surface area (TPSA) is 18.5 Å². The lowest BCUT2D eigenvalue weighted by molar-refractivity contribution is -0.185. The highest BCUT2D eigenvalue weighted by Gasteiger charge is 2.35. The van der Waals surface area contributed by atoms with Crippen LogP contribution in [0.25, 0.3) is 0 Å². The predicted octanol–water partition coefficient (Wildman–Crippen LogP) is 6.43. The molecule has 2 aromatic rings. The minimum atomic E-state index is -3.87. The third-order valence-corrected chi connectivity index (χ3v) is 3.78. The van der Waals surface area contributed by atoms with E-state index < -0.39 is 41.4 Å². The molecule has 148 valence electrons. The molecule has 0 fully saturated rings. The molecular weight excluding hydrogens is 374 g/mol. The number of unbranched alkanes of at least 4 members (excludes halogenated alkanes) is 2. The van der Waals surface area contributed by atoms with Gasteiger partial charge in [0.05, 0.1) is 5.56 Å². The van der Waals surface area contributed by atoms with E-state index in [9.17, 15) is 26.3 Å². The van der Waals surface area contributed by atoms with E-state index in [2.05, 4.69) is 16.4 Å². The summed E-state index contributed by atoms with van der Waals surface area (Å²) in [6.45, 7) is -1.41. The van der Waals surface area contributed by atoms with Gasteiger partial charge in [-0.1, -0.05) is 31.9 Å². The van der Waals surface area contributed by atoms with E-state index >= 15 is 0 Å². The molecule has 0 atom stereocenters. The molecule has 0 amide bonds. The summed E-state index contributed by atoms with van der Waals surface area (Å²) in [5.74, 6) is -5.37. The van der Waals surface area contributed by atoms with E-state index in [1.165, 1.54) is 24.3 Å². The summed E-state index contributed by atoms with van der Waals surface area (Å²) in [5, 5.41) is 0. The third-order valence-electron chi connectivity index (χ3n) is 3.78. The maximum absolute atomic E-state index is 14.2. The second kappa shape index (κ2) is 9.01. The molecule has 8 heteroatoms. The average Bonchev–Trinajstić information content (AvgIpc) is 2.58. The average molecular weight is 392 g/mol.